The first-order valence-corrected chi connectivity index (χ1v) is 29.9. The Bertz CT molecular complexity index is 1440. The molecule has 0 amide bonds. The molecule has 82 heteroatoms. The summed E-state index contributed by atoms with van der Waals surface area (Å²) < 4.78 is 47.5. The average Bonchev–Trinajstić information content (AvgIpc) is 3.40. The maximum absolute atomic E-state index is 4.79. The van der Waals surface area contributed by atoms with Crippen LogP contribution in [0.1, 0.15) is 0 Å². The summed E-state index contributed by atoms with van der Waals surface area (Å²) in [6.45, 7) is 41.6. The molecular formula is C45H81K46N9O9S18+46. The summed E-state index contributed by atoms with van der Waals surface area (Å²) in [7, 11) is 0. The van der Waals surface area contributed by atoms with Gasteiger partial charge in [-0.25, -0.2) is 0 Å². The van der Waals surface area contributed by atoms with Crippen LogP contribution in [-0.4, -0.2) is 157 Å². The van der Waals surface area contributed by atoms with Crippen LogP contribution in [0.3, 0.4) is 0 Å². The van der Waals surface area contributed by atoms with Crippen LogP contribution in [0.15, 0.2) is 116 Å². The van der Waals surface area contributed by atoms with Crippen molar-refractivity contribution in [2.24, 2.45) is 0 Å². The van der Waals surface area contributed by atoms with Gasteiger partial charge in [0.2, 0.25) is 0 Å². The van der Waals surface area contributed by atoms with Gasteiger partial charge in [0, 0.05) is 0 Å². The van der Waals surface area contributed by atoms with Crippen LogP contribution in [-0.2, 0) is 42.6 Å². The van der Waals surface area contributed by atoms with Gasteiger partial charge >= 0.3 is 2360 Å². The van der Waals surface area contributed by atoms with E-state index in [2.05, 4.69) is 331 Å². The zero-order valence-corrected chi connectivity index (χ0v) is 250. The molecule has 0 unspecified atom stereocenters. The molecule has 0 aliphatic rings. The van der Waals surface area contributed by atoms with Crippen LogP contribution >= 0.6 is 224 Å². The third-order valence-electron chi connectivity index (χ3n) is 5.53. The Balaban J connectivity index is -0.00000000829. The number of hydrogen-bond donors (Lipinski definition) is 18. The zero-order valence-electron chi connectivity index (χ0n) is 90.7. The fourth-order valence-electron chi connectivity index (χ4n) is 2.70. The maximum Gasteiger partial charge on any atom is 1.00 e. The minimum atomic E-state index is 0. The minimum absolute atomic E-state index is 0. The molecule has 0 saturated heterocycles. The van der Waals surface area contributed by atoms with Gasteiger partial charge in [0.1, 0.15) is 98.3 Å². The summed E-state index contributed by atoms with van der Waals surface area (Å²) >= 11 is 76.1. The molecule has 0 heterocycles. The molecule has 0 atom stereocenters. The van der Waals surface area contributed by atoms with E-state index in [4.69, 9.17) is 42.6 Å². The van der Waals surface area contributed by atoms with E-state index in [9.17, 15) is 0 Å². The van der Waals surface area contributed by atoms with E-state index in [1.165, 1.54) is 56.4 Å². The zero-order chi connectivity index (χ0) is 64.0. The monoisotopic (exact) mass is 3260 g/mol. The molecule has 0 bridgehead atoms. The molecule has 0 aliphatic heterocycles. The van der Waals surface area contributed by atoms with E-state index < -0.39 is 0 Å². The Hall–Kier alpha value is 73.3. The van der Waals surface area contributed by atoms with Gasteiger partial charge in [-0.15, -0.1) is 114 Å². The van der Waals surface area contributed by atoms with Crippen molar-refractivity contribution in [1.82, 2.24) is 47.9 Å². The second kappa shape index (κ2) is 371. The first-order valence-electron chi connectivity index (χ1n) is 22.2. The smallest absolute Gasteiger partial charge is 0.500 e. The molecule has 0 rings (SSSR count). The standard InChI is InChI=1S/9C5H9NOS2.46K/c9*1-2-7-4-3-6-5(8)9;;;;;;;;;;;;;;;;;;;;;;;;;;;;;;;;;;;;;;;;;;;;;;/h9*2H,1,3-4H2,(H2,6,8,9);;;;;;;;;;;;;;;;;;;;;;;;;;;;;;;;;;;;;;;;;;;;;;/q;;;;;;;;;46*+1. The van der Waals surface area contributed by atoms with Crippen molar-refractivity contribution in [1.29, 1.82) is 0 Å². The van der Waals surface area contributed by atoms with E-state index in [-0.39, 0.29) is 2360 Å². The minimum Gasteiger partial charge on any atom is -0.500 e. The summed E-state index contributed by atoms with van der Waals surface area (Å²) in [5, 5.41) is 25.2. The van der Waals surface area contributed by atoms with Crippen LogP contribution in [0.5, 0.6) is 0 Å². The van der Waals surface area contributed by atoms with Gasteiger partial charge in [0.25, 0.3) is 0 Å². The van der Waals surface area contributed by atoms with E-state index in [0.717, 1.165) is 0 Å². The Morgan fingerprint density at radius 3 is 0.220 bits per heavy atom. The Kier molecular flexibility index (Phi) is 1100. The number of rotatable bonds is 36. The second-order valence-corrected chi connectivity index (χ2v) is 21.8. The Morgan fingerprint density at radius 2 is 0.189 bits per heavy atom. The molecule has 0 aromatic rings. The number of thiocarbonyl (C=S) groups is 9. The number of nitrogens with one attached hydrogen (secondary N) is 9. The van der Waals surface area contributed by atoms with Gasteiger partial charge in [0.15, 0.2) is 0 Å². The molecule has 0 aromatic carbocycles. The largest absolute Gasteiger partial charge is 1.00 e. The summed E-state index contributed by atoms with van der Waals surface area (Å²) in [6, 6.07) is 0. The summed E-state index contributed by atoms with van der Waals surface area (Å²) in [5.41, 5.74) is 0. The molecule has 0 aromatic heterocycles. The molecule has 0 radical (unpaired) electrons. The summed E-state index contributed by atoms with van der Waals surface area (Å²) in [6.07, 6.45) is 12.5. The first kappa shape index (κ1) is 377. The van der Waals surface area contributed by atoms with Crippen molar-refractivity contribution in [3.05, 3.63) is 116 Å². The van der Waals surface area contributed by atoms with Crippen LogP contribution < -0.4 is 2410 Å². The van der Waals surface area contributed by atoms with Gasteiger partial charge in [-0.3, -0.25) is 0 Å². The third-order valence-corrected chi connectivity index (χ3v) is 8.25. The molecule has 468 valence electrons. The Labute approximate surface area is 2830 Å². The van der Waals surface area contributed by atoms with E-state index in [1.807, 2.05) is 0 Å². The normalized spacial score (nSPS) is 5.17. The van der Waals surface area contributed by atoms with Crippen LogP contribution in [0.4, 0.5) is 0 Å². The quantitative estimate of drug-likeness (QED) is 0.00931. The summed E-state index contributed by atoms with van der Waals surface area (Å²) in [5.74, 6) is 0. The van der Waals surface area contributed by atoms with Gasteiger partial charge in [-0.05, 0) is 0 Å². The van der Waals surface area contributed by atoms with Crippen molar-refractivity contribution >= 4 is 263 Å². The molecule has 127 heavy (non-hydrogen) atoms. The van der Waals surface area contributed by atoms with E-state index in [0.29, 0.717) is 157 Å². The van der Waals surface area contributed by atoms with E-state index >= 15 is 0 Å². The summed E-state index contributed by atoms with van der Waals surface area (Å²) in [4.78, 5) is 0. The average molecular weight is 3270 g/mol. The van der Waals surface area contributed by atoms with Crippen molar-refractivity contribution in [3.8, 4) is 0 Å². The van der Waals surface area contributed by atoms with E-state index in [1.54, 1.807) is 0 Å². The molecule has 0 saturated carbocycles. The van der Waals surface area contributed by atoms with Gasteiger partial charge in [0.05, 0.1) is 115 Å². The molecular weight excluding hydrogens is 3190 g/mol. The topological polar surface area (TPSA) is 191 Å². The van der Waals surface area contributed by atoms with Crippen molar-refractivity contribution in [2.75, 3.05) is 118 Å². The number of thiol groups is 9. The van der Waals surface area contributed by atoms with Gasteiger partial charge in [-0.1, -0.05) is 169 Å². The molecule has 0 fully saturated rings. The predicted octanol–water partition coefficient (Wildman–Crippen LogP) is -129. The molecule has 0 spiro atoms. The van der Waals surface area contributed by atoms with Gasteiger partial charge in [-0.2, -0.15) is 0 Å². The van der Waals surface area contributed by atoms with Crippen LogP contribution in [0.25, 0.3) is 0 Å². The van der Waals surface area contributed by atoms with Crippen molar-refractivity contribution in [3.63, 3.8) is 0 Å². The number of hydrogen-bond acceptors (Lipinski definition) is 18. The van der Waals surface area contributed by atoms with Crippen LogP contribution in [0, 0.1) is 0 Å². The molecule has 0 aliphatic carbocycles. The molecule has 18 nitrogen and oxygen atoms in total. The Morgan fingerprint density at radius 1 is 0.142 bits per heavy atom. The molecule has 9 N–H and O–H groups in total. The first-order chi connectivity index (χ1) is 38.4. The van der Waals surface area contributed by atoms with Crippen molar-refractivity contribution in [2.45, 2.75) is 0 Å². The van der Waals surface area contributed by atoms with Crippen LogP contribution in [0.2, 0.25) is 0 Å². The fraction of sp³-hybridized carbons (Fsp3) is 0.400. The second-order valence-electron chi connectivity index (χ2n) is 11.4. The SMILES string of the molecule is C=COCCNC(=S)S.C=COCCNC(=S)S.C=COCCNC(=S)S.C=COCCNC(=S)S.C=COCCNC(=S)S.C=COCCNC(=S)S.C=COCCNC(=S)S.C=COCCNC(=S)S.C=COCCNC(=S)S.[K+].[K+].[K+].[K+].[K+].[K+].[K+].[K+].[K+].[K+].[K+].[K+].[K+].[K+].[K+].[K+].[K+].[K+].[K+].[K+].[K+].[K+].[K+].[K+].[K+].[K+].[K+].[K+].[K+].[K+].[K+].[K+].[K+].[K+].[K+].[K+].[K+].[K+].[K+].[K+].[K+].[K+].[K+].[K+].[K+].[K+]. The number of ether oxygens (including phenoxy) is 9. The fourth-order valence-corrected chi connectivity index (χ4v) is 4.63. The maximum atomic E-state index is 4.79. The third kappa shape index (κ3) is 479. The van der Waals surface area contributed by atoms with Crippen molar-refractivity contribution < 1.29 is 2410 Å². The van der Waals surface area contributed by atoms with Gasteiger partial charge < -0.3 is 90.5 Å². The predicted molar refractivity (Wildman–Crippen MR) is 412 cm³/mol.